The summed E-state index contributed by atoms with van der Waals surface area (Å²) in [7, 11) is -4.07. The molecule has 0 aliphatic rings. The molecule has 0 spiro atoms. The first-order valence-corrected chi connectivity index (χ1v) is 10.5. The van der Waals surface area contributed by atoms with Gasteiger partial charge in [-0.05, 0) is 52.0 Å². The molecule has 30 heavy (non-hydrogen) atoms. The van der Waals surface area contributed by atoms with E-state index in [1.165, 1.54) is 45.0 Å². The van der Waals surface area contributed by atoms with Crippen molar-refractivity contribution in [3.05, 3.63) is 24.3 Å². The van der Waals surface area contributed by atoms with E-state index in [4.69, 9.17) is 4.74 Å². The van der Waals surface area contributed by atoms with Gasteiger partial charge in [-0.3, -0.25) is 19.7 Å². The van der Waals surface area contributed by atoms with Crippen LogP contribution in [-0.2, 0) is 29.1 Å². The van der Waals surface area contributed by atoms with Crippen LogP contribution in [0.4, 0.5) is 10.5 Å². The molecule has 1 aromatic rings. The molecule has 0 heterocycles. The topological polar surface area (TPSA) is 160 Å². The molecule has 4 N–H and O–H groups in total. The van der Waals surface area contributed by atoms with Crippen LogP contribution in [0, 0.1) is 0 Å². The van der Waals surface area contributed by atoms with E-state index in [1.54, 1.807) is 13.8 Å². The highest BCUT2D eigenvalue weighted by Crippen LogP contribution is 2.14. The van der Waals surface area contributed by atoms with Crippen molar-refractivity contribution in [1.29, 1.82) is 0 Å². The van der Waals surface area contributed by atoms with Crippen LogP contribution < -0.4 is 20.7 Å². The number of amides is 4. The van der Waals surface area contributed by atoms with Crippen LogP contribution in [0.3, 0.4) is 0 Å². The van der Waals surface area contributed by atoms with E-state index in [9.17, 15) is 27.6 Å². The minimum atomic E-state index is -4.07. The van der Waals surface area contributed by atoms with E-state index >= 15 is 0 Å². The molecule has 0 aromatic heterocycles. The van der Waals surface area contributed by atoms with Crippen molar-refractivity contribution in [1.82, 2.24) is 15.4 Å². The molecular formula is C18H26N4O7S. The normalized spacial score (nSPS) is 13.1. The van der Waals surface area contributed by atoms with E-state index in [0.29, 0.717) is 5.69 Å². The molecule has 1 aromatic carbocycles. The number of sulfonamides is 1. The average molecular weight is 442 g/mol. The molecule has 0 fully saturated rings. The summed E-state index contributed by atoms with van der Waals surface area (Å²) in [5.74, 6) is -2.16. The zero-order chi connectivity index (χ0) is 23.1. The number of benzene rings is 1. The van der Waals surface area contributed by atoms with Gasteiger partial charge in [0.05, 0.1) is 4.90 Å². The molecule has 0 saturated heterocycles. The molecule has 12 heteroatoms. The maximum atomic E-state index is 12.4. The van der Waals surface area contributed by atoms with Crippen molar-refractivity contribution < 1.29 is 32.3 Å². The minimum Gasteiger partial charge on any atom is -0.451 e. The Labute approximate surface area is 175 Å². The molecule has 0 saturated carbocycles. The lowest BCUT2D eigenvalue weighted by atomic mass is 10.3. The SMILES string of the molecule is CC(=O)Nc1ccc(S(=O)(=O)N[C@@H](C)C(=O)OC(C)C(=O)NC(=O)NC(C)C)cc1. The predicted octanol–water partition coefficient (Wildman–Crippen LogP) is 0.478. The number of rotatable bonds is 8. The highest BCUT2D eigenvalue weighted by atomic mass is 32.2. The second-order valence-electron chi connectivity index (χ2n) is 6.75. The van der Waals surface area contributed by atoms with Gasteiger partial charge in [0.25, 0.3) is 5.91 Å². The van der Waals surface area contributed by atoms with E-state index < -0.39 is 40.1 Å². The molecule has 0 aliphatic heterocycles. The summed E-state index contributed by atoms with van der Waals surface area (Å²) in [5, 5.41) is 6.96. The first-order valence-electron chi connectivity index (χ1n) is 9.03. The molecule has 0 aliphatic carbocycles. The standard InChI is InChI=1S/C18H26N4O7S/c1-10(2)19-18(26)21-16(24)12(4)29-17(25)11(3)22-30(27,28)15-8-6-14(7-9-15)20-13(5)23/h6-12,22H,1-5H3,(H,20,23)(H2,19,21,24,26)/t11-,12?/m0/s1. The Hall–Kier alpha value is -2.99. The van der Waals surface area contributed by atoms with Crippen molar-refractivity contribution in [2.45, 2.75) is 57.7 Å². The van der Waals surface area contributed by atoms with Crippen molar-refractivity contribution in [2.24, 2.45) is 0 Å². The van der Waals surface area contributed by atoms with E-state index in [0.717, 1.165) is 0 Å². The summed E-state index contributed by atoms with van der Waals surface area (Å²) in [6.45, 7) is 7.22. The van der Waals surface area contributed by atoms with Crippen LogP contribution in [0.25, 0.3) is 0 Å². The molecule has 1 rings (SSSR count). The maximum absolute atomic E-state index is 12.4. The van der Waals surface area contributed by atoms with Crippen molar-refractivity contribution in [2.75, 3.05) is 5.32 Å². The van der Waals surface area contributed by atoms with E-state index in [2.05, 4.69) is 15.4 Å². The van der Waals surface area contributed by atoms with Gasteiger partial charge in [-0.1, -0.05) is 0 Å². The summed E-state index contributed by atoms with van der Waals surface area (Å²) >= 11 is 0. The summed E-state index contributed by atoms with van der Waals surface area (Å²) < 4.78 is 31.9. The zero-order valence-corrected chi connectivity index (χ0v) is 18.1. The fourth-order valence-corrected chi connectivity index (χ4v) is 3.30. The number of ether oxygens (including phenoxy) is 1. The molecule has 4 amide bonds. The van der Waals surface area contributed by atoms with Crippen LogP contribution in [0.5, 0.6) is 0 Å². The third-order valence-corrected chi connectivity index (χ3v) is 5.05. The fraction of sp³-hybridized carbons (Fsp3) is 0.444. The smallest absolute Gasteiger partial charge is 0.324 e. The van der Waals surface area contributed by atoms with Crippen LogP contribution >= 0.6 is 0 Å². The number of carbonyl (C=O) groups is 4. The highest BCUT2D eigenvalue weighted by molar-refractivity contribution is 7.89. The summed E-state index contributed by atoms with van der Waals surface area (Å²) in [4.78, 5) is 46.4. The Balaban J connectivity index is 2.68. The third-order valence-electron chi connectivity index (χ3n) is 3.49. The quantitative estimate of drug-likeness (QED) is 0.426. The number of hydrogen-bond acceptors (Lipinski definition) is 7. The van der Waals surface area contributed by atoms with Gasteiger partial charge in [0.1, 0.15) is 6.04 Å². The Morgan fingerprint density at radius 1 is 0.967 bits per heavy atom. The number of hydrogen-bond donors (Lipinski definition) is 4. The molecular weight excluding hydrogens is 416 g/mol. The molecule has 0 bridgehead atoms. The van der Waals surface area contributed by atoms with Gasteiger partial charge in [-0.15, -0.1) is 0 Å². The fourth-order valence-electron chi connectivity index (χ4n) is 2.11. The van der Waals surface area contributed by atoms with Gasteiger partial charge in [-0.25, -0.2) is 13.2 Å². The summed E-state index contributed by atoms with van der Waals surface area (Å²) in [5.41, 5.74) is 0.412. The van der Waals surface area contributed by atoms with Gasteiger partial charge in [0.15, 0.2) is 6.10 Å². The van der Waals surface area contributed by atoms with E-state index in [1.807, 2.05) is 5.32 Å². The van der Waals surface area contributed by atoms with Gasteiger partial charge in [0.2, 0.25) is 15.9 Å². The van der Waals surface area contributed by atoms with Crippen molar-refractivity contribution in [3.8, 4) is 0 Å². The Bertz CT molecular complexity index is 898. The summed E-state index contributed by atoms with van der Waals surface area (Å²) in [6, 6.07) is 3.07. The van der Waals surface area contributed by atoms with Crippen LogP contribution in [0.2, 0.25) is 0 Å². The highest BCUT2D eigenvalue weighted by Gasteiger charge is 2.27. The van der Waals surface area contributed by atoms with Crippen LogP contribution in [-0.4, -0.2) is 50.4 Å². The summed E-state index contributed by atoms with van der Waals surface area (Å²) in [6.07, 6.45) is -1.32. The molecule has 11 nitrogen and oxygen atoms in total. The number of imide groups is 1. The Kier molecular flexibility index (Phi) is 8.93. The zero-order valence-electron chi connectivity index (χ0n) is 17.3. The lowest BCUT2D eigenvalue weighted by Gasteiger charge is -2.18. The lowest BCUT2D eigenvalue weighted by Crippen LogP contribution is -2.48. The van der Waals surface area contributed by atoms with Crippen LogP contribution in [0.15, 0.2) is 29.2 Å². The Morgan fingerprint density at radius 3 is 2.03 bits per heavy atom. The van der Waals surface area contributed by atoms with Gasteiger partial charge in [0, 0.05) is 18.7 Å². The lowest BCUT2D eigenvalue weighted by molar-refractivity contribution is -0.155. The third kappa shape index (κ3) is 8.17. The van der Waals surface area contributed by atoms with Crippen LogP contribution in [0.1, 0.15) is 34.6 Å². The number of urea groups is 1. The maximum Gasteiger partial charge on any atom is 0.324 e. The number of carbonyl (C=O) groups excluding carboxylic acids is 4. The monoisotopic (exact) mass is 442 g/mol. The second-order valence-corrected chi connectivity index (χ2v) is 8.46. The van der Waals surface area contributed by atoms with Crippen molar-refractivity contribution >= 4 is 39.5 Å². The minimum absolute atomic E-state index is 0.132. The second kappa shape index (κ2) is 10.7. The van der Waals surface area contributed by atoms with Gasteiger partial charge in [-0.2, -0.15) is 4.72 Å². The molecule has 0 radical (unpaired) electrons. The number of nitrogens with one attached hydrogen (secondary N) is 4. The van der Waals surface area contributed by atoms with Crippen molar-refractivity contribution in [3.63, 3.8) is 0 Å². The first kappa shape index (κ1) is 25.0. The number of esters is 1. The number of anilines is 1. The largest absolute Gasteiger partial charge is 0.451 e. The average Bonchev–Trinajstić information content (AvgIpc) is 2.60. The molecule has 166 valence electrons. The predicted molar refractivity (Wildman–Crippen MR) is 108 cm³/mol. The first-order chi connectivity index (χ1) is 13.8. The molecule has 2 atom stereocenters. The van der Waals surface area contributed by atoms with E-state index in [-0.39, 0.29) is 16.8 Å². The molecule has 1 unspecified atom stereocenters. The van der Waals surface area contributed by atoms with Gasteiger partial charge < -0.3 is 15.4 Å². The van der Waals surface area contributed by atoms with Gasteiger partial charge >= 0.3 is 12.0 Å². The Morgan fingerprint density at radius 2 is 1.53 bits per heavy atom.